The van der Waals surface area contributed by atoms with Gasteiger partial charge in [-0.3, -0.25) is 0 Å². The Morgan fingerprint density at radius 1 is 1.56 bits per heavy atom. The van der Waals surface area contributed by atoms with Crippen LogP contribution in [-0.4, -0.2) is 18.1 Å². The highest BCUT2D eigenvalue weighted by Gasteiger charge is 2.25. The Hall–Kier alpha value is 0.310. The summed E-state index contributed by atoms with van der Waals surface area (Å²) < 4.78 is 0. The van der Waals surface area contributed by atoms with E-state index in [0.717, 1.165) is 5.92 Å². The Balaban J connectivity index is 1.99. The largest absolute Gasteiger partial charge is 0.327 e. The standard InChI is InChI=1S/C7H15NS/c1-9-5-4-6-2-3-7(6)8/h6-7H,2-5,8H2,1H3. The normalized spacial score (nSPS) is 34.0. The van der Waals surface area contributed by atoms with E-state index in [2.05, 4.69) is 6.26 Å². The Labute approximate surface area is 61.4 Å². The molecule has 1 rings (SSSR count). The van der Waals surface area contributed by atoms with Crippen molar-refractivity contribution < 1.29 is 0 Å². The number of rotatable bonds is 3. The molecule has 2 heteroatoms. The van der Waals surface area contributed by atoms with Crippen LogP contribution in [0.2, 0.25) is 0 Å². The van der Waals surface area contributed by atoms with Crippen molar-refractivity contribution >= 4 is 11.8 Å². The highest BCUT2D eigenvalue weighted by molar-refractivity contribution is 7.98. The lowest BCUT2D eigenvalue weighted by Crippen LogP contribution is -2.39. The van der Waals surface area contributed by atoms with Gasteiger partial charge >= 0.3 is 0 Å². The van der Waals surface area contributed by atoms with Crippen molar-refractivity contribution in [3.8, 4) is 0 Å². The van der Waals surface area contributed by atoms with Crippen molar-refractivity contribution in [2.24, 2.45) is 11.7 Å². The number of hydrogen-bond donors (Lipinski definition) is 1. The predicted molar refractivity (Wildman–Crippen MR) is 43.7 cm³/mol. The molecule has 0 amide bonds. The third-order valence-electron chi connectivity index (χ3n) is 2.17. The van der Waals surface area contributed by atoms with Crippen LogP contribution in [0.5, 0.6) is 0 Å². The van der Waals surface area contributed by atoms with Crippen LogP contribution >= 0.6 is 11.8 Å². The molecule has 0 saturated heterocycles. The maximum absolute atomic E-state index is 5.75. The molecule has 0 heterocycles. The van der Waals surface area contributed by atoms with E-state index in [9.17, 15) is 0 Å². The van der Waals surface area contributed by atoms with Crippen LogP contribution in [0.15, 0.2) is 0 Å². The molecule has 1 saturated carbocycles. The lowest BCUT2D eigenvalue weighted by molar-refractivity contribution is 0.251. The monoisotopic (exact) mass is 145 g/mol. The minimum absolute atomic E-state index is 0.539. The second-order valence-electron chi connectivity index (χ2n) is 2.78. The van der Waals surface area contributed by atoms with Crippen molar-refractivity contribution in [2.45, 2.75) is 25.3 Å². The molecule has 2 N–H and O–H groups in total. The second kappa shape index (κ2) is 3.47. The average molecular weight is 145 g/mol. The van der Waals surface area contributed by atoms with Gasteiger partial charge in [-0.05, 0) is 37.2 Å². The van der Waals surface area contributed by atoms with E-state index in [1.54, 1.807) is 0 Å². The third-order valence-corrected chi connectivity index (χ3v) is 2.81. The molecule has 0 radical (unpaired) electrons. The molecule has 0 aromatic carbocycles. The zero-order valence-electron chi connectivity index (χ0n) is 5.97. The van der Waals surface area contributed by atoms with Gasteiger partial charge in [0.2, 0.25) is 0 Å². The summed E-state index contributed by atoms with van der Waals surface area (Å²) in [5.41, 5.74) is 5.75. The minimum Gasteiger partial charge on any atom is -0.327 e. The molecule has 0 aliphatic heterocycles. The van der Waals surface area contributed by atoms with Crippen molar-refractivity contribution in [3.63, 3.8) is 0 Å². The molecular weight excluding hydrogens is 130 g/mol. The van der Waals surface area contributed by atoms with Gasteiger partial charge in [0.15, 0.2) is 0 Å². The van der Waals surface area contributed by atoms with E-state index in [1.807, 2.05) is 11.8 Å². The first kappa shape index (κ1) is 7.42. The van der Waals surface area contributed by atoms with Crippen molar-refractivity contribution in [3.05, 3.63) is 0 Å². The lowest BCUT2D eigenvalue weighted by Gasteiger charge is -2.33. The van der Waals surface area contributed by atoms with E-state index in [-0.39, 0.29) is 0 Å². The summed E-state index contributed by atoms with van der Waals surface area (Å²) in [6.07, 6.45) is 6.13. The minimum atomic E-state index is 0.539. The summed E-state index contributed by atoms with van der Waals surface area (Å²) in [4.78, 5) is 0. The van der Waals surface area contributed by atoms with Crippen molar-refractivity contribution in [1.29, 1.82) is 0 Å². The Kier molecular flexibility index (Phi) is 2.86. The molecule has 0 bridgehead atoms. The highest BCUT2D eigenvalue weighted by Crippen LogP contribution is 2.29. The molecule has 1 fully saturated rings. The smallest absolute Gasteiger partial charge is 0.00675 e. The van der Waals surface area contributed by atoms with Gasteiger partial charge in [-0.2, -0.15) is 11.8 Å². The topological polar surface area (TPSA) is 26.0 Å². The lowest BCUT2D eigenvalue weighted by atomic mass is 9.79. The van der Waals surface area contributed by atoms with Crippen LogP contribution in [0.3, 0.4) is 0 Å². The SMILES string of the molecule is CSCCC1CCC1N. The van der Waals surface area contributed by atoms with Crippen LogP contribution in [0.4, 0.5) is 0 Å². The highest BCUT2D eigenvalue weighted by atomic mass is 32.2. The van der Waals surface area contributed by atoms with Crippen LogP contribution < -0.4 is 5.73 Å². The Bertz CT molecular complexity index is 85.0. The summed E-state index contributed by atoms with van der Waals surface area (Å²) in [5.74, 6) is 2.15. The van der Waals surface area contributed by atoms with E-state index >= 15 is 0 Å². The first-order chi connectivity index (χ1) is 4.34. The van der Waals surface area contributed by atoms with Crippen LogP contribution in [0.25, 0.3) is 0 Å². The number of nitrogens with two attached hydrogens (primary N) is 1. The fourth-order valence-electron chi connectivity index (χ4n) is 1.22. The van der Waals surface area contributed by atoms with E-state index < -0.39 is 0 Å². The van der Waals surface area contributed by atoms with Gasteiger partial charge in [0.1, 0.15) is 0 Å². The summed E-state index contributed by atoms with van der Waals surface area (Å²) >= 11 is 1.93. The second-order valence-corrected chi connectivity index (χ2v) is 3.77. The van der Waals surface area contributed by atoms with Gasteiger partial charge in [-0.15, -0.1) is 0 Å². The van der Waals surface area contributed by atoms with Gasteiger partial charge in [-0.25, -0.2) is 0 Å². The maximum Gasteiger partial charge on any atom is 0.00675 e. The molecule has 0 aromatic heterocycles. The molecule has 0 aromatic rings. The van der Waals surface area contributed by atoms with Crippen molar-refractivity contribution in [2.75, 3.05) is 12.0 Å². The zero-order chi connectivity index (χ0) is 6.69. The van der Waals surface area contributed by atoms with E-state index in [1.165, 1.54) is 25.0 Å². The van der Waals surface area contributed by atoms with Crippen LogP contribution in [0, 0.1) is 5.92 Å². The molecular formula is C7H15NS. The maximum atomic E-state index is 5.75. The molecule has 9 heavy (non-hydrogen) atoms. The van der Waals surface area contributed by atoms with Crippen LogP contribution in [-0.2, 0) is 0 Å². The fourth-order valence-corrected chi connectivity index (χ4v) is 1.76. The quantitative estimate of drug-likeness (QED) is 0.651. The predicted octanol–water partition coefficient (Wildman–Crippen LogP) is 1.48. The summed E-state index contributed by atoms with van der Waals surface area (Å²) in [6, 6.07) is 0.539. The first-order valence-electron chi connectivity index (χ1n) is 3.59. The molecule has 1 aliphatic carbocycles. The molecule has 0 spiro atoms. The summed E-state index contributed by atoms with van der Waals surface area (Å²) in [6.45, 7) is 0. The average Bonchev–Trinajstić information content (AvgIpc) is 1.86. The fraction of sp³-hybridized carbons (Fsp3) is 1.00. The summed E-state index contributed by atoms with van der Waals surface area (Å²) in [5, 5.41) is 0. The molecule has 1 nitrogen and oxygen atoms in total. The first-order valence-corrected chi connectivity index (χ1v) is 4.98. The van der Waals surface area contributed by atoms with Crippen LogP contribution in [0.1, 0.15) is 19.3 Å². The number of thioether (sulfide) groups is 1. The van der Waals surface area contributed by atoms with Gasteiger partial charge in [0, 0.05) is 6.04 Å². The summed E-state index contributed by atoms with van der Waals surface area (Å²) in [7, 11) is 0. The molecule has 54 valence electrons. The van der Waals surface area contributed by atoms with E-state index in [0.29, 0.717) is 6.04 Å². The van der Waals surface area contributed by atoms with Gasteiger partial charge < -0.3 is 5.73 Å². The Morgan fingerprint density at radius 3 is 2.67 bits per heavy atom. The van der Waals surface area contributed by atoms with Gasteiger partial charge in [0.25, 0.3) is 0 Å². The van der Waals surface area contributed by atoms with Crippen molar-refractivity contribution in [1.82, 2.24) is 0 Å². The zero-order valence-corrected chi connectivity index (χ0v) is 6.79. The molecule has 1 aliphatic rings. The number of hydrogen-bond acceptors (Lipinski definition) is 2. The third kappa shape index (κ3) is 1.87. The Morgan fingerprint density at radius 2 is 2.33 bits per heavy atom. The van der Waals surface area contributed by atoms with E-state index in [4.69, 9.17) is 5.73 Å². The molecule has 2 unspecified atom stereocenters. The van der Waals surface area contributed by atoms with Gasteiger partial charge in [-0.1, -0.05) is 0 Å². The molecule has 2 atom stereocenters. The van der Waals surface area contributed by atoms with Gasteiger partial charge in [0.05, 0.1) is 0 Å².